The highest BCUT2D eigenvalue weighted by Crippen LogP contribution is 2.43. The van der Waals surface area contributed by atoms with Crippen molar-refractivity contribution in [2.24, 2.45) is 0 Å². The lowest BCUT2D eigenvalue weighted by molar-refractivity contribution is 0.409. The highest BCUT2D eigenvalue weighted by molar-refractivity contribution is 6.77. The quantitative estimate of drug-likeness (QED) is 0.774. The molecule has 1 aromatic carbocycles. The number of benzene rings is 1. The van der Waals surface area contributed by atoms with E-state index in [0.29, 0.717) is 11.6 Å². The van der Waals surface area contributed by atoms with Crippen LogP contribution in [0, 0.1) is 11.3 Å². The van der Waals surface area contributed by atoms with Gasteiger partial charge in [0.15, 0.2) is 0 Å². The van der Waals surface area contributed by atoms with Crippen LogP contribution in [0.25, 0.3) is 0 Å². The average molecular weight is 333 g/mol. The van der Waals surface area contributed by atoms with Crippen molar-refractivity contribution in [2.75, 3.05) is 0 Å². The van der Waals surface area contributed by atoms with Crippen molar-refractivity contribution in [3.8, 4) is 6.07 Å². The molecule has 116 valence electrons. The molecule has 2 atom stereocenters. The summed E-state index contributed by atoms with van der Waals surface area (Å²) in [7, 11) is -1.56. The largest absolute Gasteiger partial charge is 0.251 e. The maximum atomic E-state index is 10.1. The highest BCUT2D eigenvalue weighted by Gasteiger charge is 2.45. The van der Waals surface area contributed by atoms with E-state index in [4.69, 9.17) is 11.6 Å². The zero-order valence-electron chi connectivity index (χ0n) is 13.4. The third kappa shape index (κ3) is 3.23. The SMILES string of the molecule is CC(C(C#N)(Cn1cncn1)c1ccc(Cl)cc1)[Si](C)(C)C. The molecule has 2 aromatic rings. The van der Waals surface area contributed by atoms with Crippen LogP contribution in [0.15, 0.2) is 36.9 Å². The Bertz CT molecular complexity index is 655. The van der Waals surface area contributed by atoms with E-state index in [1.807, 2.05) is 24.3 Å². The molecule has 0 aliphatic heterocycles. The first-order chi connectivity index (χ1) is 10.3. The molecule has 1 heterocycles. The molecule has 22 heavy (non-hydrogen) atoms. The fourth-order valence-electron chi connectivity index (χ4n) is 2.73. The molecule has 0 N–H and O–H groups in total. The van der Waals surface area contributed by atoms with Crippen molar-refractivity contribution in [2.45, 2.75) is 44.1 Å². The zero-order valence-corrected chi connectivity index (χ0v) is 15.2. The predicted octanol–water partition coefficient (Wildman–Crippen LogP) is 4.12. The van der Waals surface area contributed by atoms with Gasteiger partial charge in [0, 0.05) is 13.1 Å². The third-order valence-corrected chi connectivity index (χ3v) is 7.82. The van der Waals surface area contributed by atoms with Gasteiger partial charge in [-0.25, -0.2) is 4.98 Å². The molecule has 0 bridgehead atoms. The number of halogens is 1. The van der Waals surface area contributed by atoms with Gasteiger partial charge in [-0.2, -0.15) is 10.4 Å². The Labute approximate surface area is 137 Å². The van der Waals surface area contributed by atoms with Gasteiger partial charge in [0.25, 0.3) is 0 Å². The lowest BCUT2D eigenvalue weighted by Crippen LogP contribution is -2.44. The van der Waals surface area contributed by atoms with Gasteiger partial charge in [0.1, 0.15) is 18.1 Å². The summed E-state index contributed by atoms with van der Waals surface area (Å²) in [4.78, 5) is 4.00. The van der Waals surface area contributed by atoms with Crippen LogP contribution < -0.4 is 0 Å². The molecule has 0 saturated heterocycles. The van der Waals surface area contributed by atoms with Crippen LogP contribution in [-0.2, 0) is 12.0 Å². The topological polar surface area (TPSA) is 54.5 Å². The molecular weight excluding hydrogens is 312 g/mol. The van der Waals surface area contributed by atoms with Crippen LogP contribution in [0.1, 0.15) is 12.5 Å². The third-order valence-electron chi connectivity index (χ3n) is 4.48. The Morgan fingerprint density at radius 3 is 2.41 bits per heavy atom. The minimum atomic E-state index is -1.56. The maximum absolute atomic E-state index is 10.1. The van der Waals surface area contributed by atoms with E-state index in [9.17, 15) is 5.26 Å². The van der Waals surface area contributed by atoms with Crippen LogP contribution in [-0.4, -0.2) is 22.8 Å². The fourth-order valence-corrected chi connectivity index (χ4v) is 4.66. The van der Waals surface area contributed by atoms with Crippen LogP contribution >= 0.6 is 11.6 Å². The Morgan fingerprint density at radius 2 is 1.95 bits per heavy atom. The van der Waals surface area contributed by atoms with Crippen LogP contribution in [0.5, 0.6) is 0 Å². The van der Waals surface area contributed by atoms with E-state index in [1.54, 1.807) is 11.0 Å². The number of rotatable bonds is 5. The van der Waals surface area contributed by atoms with E-state index in [-0.39, 0.29) is 5.54 Å². The summed E-state index contributed by atoms with van der Waals surface area (Å²) in [6.07, 6.45) is 3.17. The molecule has 6 heteroatoms. The molecule has 0 aliphatic carbocycles. The number of hydrogen-bond donors (Lipinski definition) is 0. The molecule has 4 nitrogen and oxygen atoms in total. The zero-order chi connectivity index (χ0) is 16.4. The van der Waals surface area contributed by atoms with E-state index >= 15 is 0 Å². The van der Waals surface area contributed by atoms with Gasteiger partial charge in [-0.3, -0.25) is 4.68 Å². The highest BCUT2D eigenvalue weighted by atomic mass is 35.5. The lowest BCUT2D eigenvalue weighted by atomic mass is 9.79. The molecule has 0 aliphatic rings. The molecule has 0 saturated carbocycles. The minimum absolute atomic E-state index is 0.246. The number of aromatic nitrogens is 3. The van der Waals surface area contributed by atoms with E-state index in [0.717, 1.165) is 5.56 Å². The summed E-state index contributed by atoms with van der Waals surface area (Å²) in [6.45, 7) is 9.56. The Balaban J connectivity index is 2.56. The minimum Gasteiger partial charge on any atom is -0.251 e. The average Bonchev–Trinajstić information content (AvgIpc) is 2.97. The first-order valence-corrected chi connectivity index (χ1v) is 11.2. The van der Waals surface area contributed by atoms with Crippen LogP contribution in [0.2, 0.25) is 30.2 Å². The normalized spacial score (nSPS) is 15.8. The second-order valence-electron chi connectivity index (χ2n) is 6.77. The maximum Gasteiger partial charge on any atom is 0.137 e. The standard InChI is InChI=1S/C16H21ClN4Si/c1-13(22(2,3)4)16(9-18,10-21-12-19-11-20-21)14-5-7-15(17)8-6-14/h5-8,11-13H,10H2,1-4H3. The summed E-state index contributed by atoms with van der Waals surface area (Å²) in [6, 6.07) is 10.2. The van der Waals surface area contributed by atoms with E-state index < -0.39 is 13.5 Å². The second-order valence-corrected chi connectivity index (χ2v) is 12.8. The Kier molecular flexibility index (Phi) is 4.74. The van der Waals surface area contributed by atoms with Crippen LogP contribution in [0.4, 0.5) is 0 Å². The van der Waals surface area contributed by atoms with Crippen molar-refractivity contribution in [1.29, 1.82) is 5.26 Å². The van der Waals surface area contributed by atoms with Crippen molar-refractivity contribution >= 4 is 19.7 Å². The Morgan fingerprint density at radius 1 is 1.32 bits per heavy atom. The monoisotopic (exact) mass is 332 g/mol. The van der Waals surface area contributed by atoms with Crippen LogP contribution in [0.3, 0.4) is 0 Å². The van der Waals surface area contributed by atoms with Crippen molar-refractivity contribution in [3.63, 3.8) is 0 Å². The lowest BCUT2D eigenvalue weighted by Gasteiger charge is -2.40. The van der Waals surface area contributed by atoms with Crippen molar-refractivity contribution in [3.05, 3.63) is 47.5 Å². The summed E-state index contributed by atoms with van der Waals surface area (Å²) in [5, 5.41) is 15.0. The molecule has 0 fully saturated rings. The van der Waals surface area contributed by atoms with E-state index in [1.165, 1.54) is 6.33 Å². The molecular formula is C16H21ClN4Si. The molecule has 2 rings (SSSR count). The predicted molar refractivity (Wildman–Crippen MR) is 91.5 cm³/mol. The van der Waals surface area contributed by atoms with Gasteiger partial charge >= 0.3 is 0 Å². The van der Waals surface area contributed by atoms with E-state index in [2.05, 4.69) is 42.7 Å². The molecule has 1 aromatic heterocycles. The number of nitriles is 1. The summed E-state index contributed by atoms with van der Waals surface area (Å²) in [5.74, 6) is 0. The molecule has 0 spiro atoms. The van der Waals surface area contributed by atoms with Gasteiger partial charge in [-0.15, -0.1) is 0 Å². The number of nitrogens with zero attached hydrogens (tertiary/aromatic N) is 4. The van der Waals surface area contributed by atoms with Gasteiger partial charge in [-0.05, 0) is 23.2 Å². The van der Waals surface area contributed by atoms with Crippen molar-refractivity contribution in [1.82, 2.24) is 14.8 Å². The van der Waals surface area contributed by atoms with Gasteiger partial charge in [-0.1, -0.05) is 50.3 Å². The molecule has 2 unspecified atom stereocenters. The van der Waals surface area contributed by atoms with Gasteiger partial charge in [0.05, 0.1) is 12.6 Å². The second kappa shape index (κ2) is 6.23. The summed E-state index contributed by atoms with van der Waals surface area (Å²) < 4.78 is 1.74. The first kappa shape index (κ1) is 16.7. The summed E-state index contributed by atoms with van der Waals surface area (Å²) >= 11 is 6.02. The number of hydrogen-bond acceptors (Lipinski definition) is 3. The first-order valence-electron chi connectivity index (χ1n) is 7.29. The summed E-state index contributed by atoms with van der Waals surface area (Å²) in [5.41, 5.74) is 0.600. The van der Waals surface area contributed by atoms with Crippen molar-refractivity contribution < 1.29 is 0 Å². The smallest absolute Gasteiger partial charge is 0.137 e. The molecule has 0 radical (unpaired) electrons. The Hall–Kier alpha value is -1.64. The van der Waals surface area contributed by atoms with Gasteiger partial charge < -0.3 is 0 Å². The van der Waals surface area contributed by atoms with Gasteiger partial charge in [0.2, 0.25) is 0 Å². The fraction of sp³-hybridized carbons (Fsp3) is 0.438. The molecule has 0 amide bonds.